The fourth-order valence-electron chi connectivity index (χ4n) is 2.57. The number of nitrogens with two attached hydrogens (primary N) is 1. The Morgan fingerprint density at radius 3 is 2.07 bits per heavy atom. The lowest BCUT2D eigenvalue weighted by molar-refractivity contribution is 0.0926. The van der Waals surface area contributed by atoms with E-state index < -0.39 is 0 Å². The Hall–Kier alpha value is -0.0800. The molecule has 1 fully saturated rings. The highest BCUT2D eigenvalue weighted by Gasteiger charge is 2.30. The summed E-state index contributed by atoms with van der Waals surface area (Å²) in [4.78, 5) is 2.52. The van der Waals surface area contributed by atoms with Gasteiger partial charge in [0.2, 0.25) is 0 Å². The molecule has 0 radical (unpaired) electrons. The molecule has 0 amide bonds. The van der Waals surface area contributed by atoms with Crippen LogP contribution in [0.1, 0.15) is 46.5 Å². The van der Waals surface area contributed by atoms with Crippen LogP contribution in [-0.4, -0.2) is 30.6 Å². The van der Waals surface area contributed by atoms with Gasteiger partial charge in [-0.25, -0.2) is 0 Å². The molecule has 1 aliphatic heterocycles. The van der Waals surface area contributed by atoms with E-state index >= 15 is 0 Å². The summed E-state index contributed by atoms with van der Waals surface area (Å²) in [6, 6.07) is 0.325. The van der Waals surface area contributed by atoms with Crippen LogP contribution in [0.2, 0.25) is 0 Å². The number of nitrogens with zero attached hydrogens (tertiary/aromatic N) is 1. The molecule has 2 N–H and O–H groups in total. The molecule has 1 rings (SSSR count). The third kappa shape index (κ3) is 2.96. The van der Waals surface area contributed by atoms with Crippen LogP contribution in [0.25, 0.3) is 0 Å². The average molecular weight is 198 g/mol. The zero-order valence-electron chi connectivity index (χ0n) is 10.1. The molecule has 0 bridgehead atoms. The molecule has 0 saturated carbocycles. The van der Waals surface area contributed by atoms with E-state index in [-0.39, 0.29) is 0 Å². The molecule has 2 heteroatoms. The average Bonchev–Trinajstić information content (AvgIpc) is 2.19. The van der Waals surface area contributed by atoms with E-state index in [1.54, 1.807) is 0 Å². The first-order valence-electron chi connectivity index (χ1n) is 6.10. The summed E-state index contributed by atoms with van der Waals surface area (Å²) < 4.78 is 0. The molecule has 0 aliphatic carbocycles. The second-order valence-corrected chi connectivity index (χ2v) is 4.98. The first-order valence-corrected chi connectivity index (χ1v) is 6.10. The molecule has 1 saturated heterocycles. The van der Waals surface area contributed by atoms with Crippen molar-refractivity contribution < 1.29 is 0 Å². The zero-order valence-corrected chi connectivity index (χ0v) is 10.1. The van der Waals surface area contributed by atoms with E-state index in [2.05, 4.69) is 25.7 Å². The smallest absolute Gasteiger partial charge is 0.0139 e. The Kier molecular flexibility index (Phi) is 4.39. The van der Waals surface area contributed by atoms with Crippen LogP contribution < -0.4 is 5.73 Å². The number of hydrogen-bond acceptors (Lipinski definition) is 2. The Morgan fingerprint density at radius 1 is 1.21 bits per heavy atom. The normalized spacial score (nSPS) is 24.9. The molecule has 1 atom stereocenters. The molecule has 0 aromatic heterocycles. The van der Waals surface area contributed by atoms with E-state index in [9.17, 15) is 0 Å². The van der Waals surface area contributed by atoms with Crippen molar-refractivity contribution in [3.63, 3.8) is 0 Å². The molecule has 1 aliphatic rings. The summed E-state index contributed by atoms with van der Waals surface area (Å²) >= 11 is 0. The SMILES string of the molecule is CCC1(CC)CCN(CC(C)N)CC1. The monoisotopic (exact) mass is 198 g/mol. The van der Waals surface area contributed by atoms with Gasteiger partial charge in [0, 0.05) is 12.6 Å². The molecule has 1 heterocycles. The van der Waals surface area contributed by atoms with E-state index in [0.29, 0.717) is 11.5 Å². The summed E-state index contributed by atoms with van der Waals surface area (Å²) in [5.74, 6) is 0. The standard InChI is InChI=1S/C12H26N2/c1-4-12(5-2)6-8-14(9-7-12)10-11(3)13/h11H,4-10,13H2,1-3H3. The van der Waals surface area contributed by atoms with Crippen molar-refractivity contribution >= 4 is 0 Å². The summed E-state index contributed by atoms with van der Waals surface area (Å²) in [7, 11) is 0. The summed E-state index contributed by atoms with van der Waals surface area (Å²) in [6.45, 7) is 10.4. The van der Waals surface area contributed by atoms with Gasteiger partial charge in [0.25, 0.3) is 0 Å². The molecule has 1 unspecified atom stereocenters. The van der Waals surface area contributed by atoms with Crippen LogP contribution in [0.4, 0.5) is 0 Å². The van der Waals surface area contributed by atoms with Crippen LogP contribution >= 0.6 is 0 Å². The fraction of sp³-hybridized carbons (Fsp3) is 1.00. The van der Waals surface area contributed by atoms with Crippen LogP contribution in [0.15, 0.2) is 0 Å². The summed E-state index contributed by atoms with van der Waals surface area (Å²) in [5.41, 5.74) is 6.46. The predicted molar refractivity (Wildman–Crippen MR) is 62.3 cm³/mol. The Bertz CT molecular complexity index is 152. The van der Waals surface area contributed by atoms with E-state index in [1.165, 1.54) is 38.8 Å². The summed E-state index contributed by atoms with van der Waals surface area (Å²) in [5, 5.41) is 0. The maximum atomic E-state index is 5.81. The van der Waals surface area contributed by atoms with Gasteiger partial charge in [-0.05, 0) is 38.3 Å². The zero-order chi connectivity index (χ0) is 10.6. The van der Waals surface area contributed by atoms with Gasteiger partial charge in [-0.1, -0.05) is 26.7 Å². The van der Waals surface area contributed by atoms with Gasteiger partial charge in [0.05, 0.1) is 0 Å². The molecular weight excluding hydrogens is 172 g/mol. The van der Waals surface area contributed by atoms with E-state index in [1.807, 2.05) is 0 Å². The lowest BCUT2D eigenvalue weighted by Gasteiger charge is -2.41. The fourth-order valence-corrected chi connectivity index (χ4v) is 2.57. The minimum atomic E-state index is 0.325. The van der Waals surface area contributed by atoms with Gasteiger partial charge >= 0.3 is 0 Å². The second kappa shape index (κ2) is 5.13. The van der Waals surface area contributed by atoms with Gasteiger partial charge in [0.15, 0.2) is 0 Å². The minimum Gasteiger partial charge on any atom is -0.327 e. The van der Waals surface area contributed by atoms with E-state index in [0.717, 1.165) is 6.54 Å². The number of rotatable bonds is 4. The van der Waals surface area contributed by atoms with Gasteiger partial charge < -0.3 is 10.6 Å². The maximum absolute atomic E-state index is 5.81. The molecule has 0 aromatic carbocycles. The number of hydrogen-bond donors (Lipinski definition) is 1. The lowest BCUT2D eigenvalue weighted by Crippen LogP contribution is -2.44. The third-order valence-electron chi connectivity index (χ3n) is 3.96. The highest BCUT2D eigenvalue weighted by Crippen LogP contribution is 2.37. The van der Waals surface area contributed by atoms with Crippen LogP contribution in [0, 0.1) is 5.41 Å². The van der Waals surface area contributed by atoms with E-state index in [4.69, 9.17) is 5.73 Å². The molecule has 14 heavy (non-hydrogen) atoms. The topological polar surface area (TPSA) is 29.3 Å². The molecule has 0 spiro atoms. The number of likely N-dealkylation sites (tertiary alicyclic amines) is 1. The van der Waals surface area contributed by atoms with Crippen LogP contribution in [0.5, 0.6) is 0 Å². The Balaban J connectivity index is 2.37. The Morgan fingerprint density at radius 2 is 1.71 bits per heavy atom. The third-order valence-corrected chi connectivity index (χ3v) is 3.96. The quantitative estimate of drug-likeness (QED) is 0.750. The highest BCUT2D eigenvalue weighted by molar-refractivity contribution is 4.84. The Labute approximate surface area is 88.8 Å². The van der Waals surface area contributed by atoms with Gasteiger partial charge in [-0.15, -0.1) is 0 Å². The predicted octanol–water partition coefficient (Wildman–Crippen LogP) is 2.24. The maximum Gasteiger partial charge on any atom is 0.0139 e. The first kappa shape index (κ1) is 12.0. The minimum absolute atomic E-state index is 0.325. The van der Waals surface area contributed by atoms with Crippen molar-refractivity contribution in [2.45, 2.75) is 52.5 Å². The largest absolute Gasteiger partial charge is 0.327 e. The second-order valence-electron chi connectivity index (χ2n) is 4.98. The molecule has 0 aromatic rings. The van der Waals surface area contributed by atoms with Gasteiger partial charge in [-0.3, -0.25) is 0 Å². The van der Waals surface area contributed by atoms with Crippen molar-refractivity contribution in [1.29, 1.82) is 0 Å². The van der Waals surface area contributed by atoms with Crippen LogP contribution in [0.3, 0.4) is 0 Å². The highest BCUT2D eigenvalue weighted by atomic mass is 15.1. The molecule has 84 valence electrons. The van der Waals surface area contributed by atoms with Crippen LogP contribution in [-0.2, 0) is 0 Å². The van der Waals surface area contributed by atoms with Crippen molar-refractivity contribution in [2.75, 3.05) is 19.6 Å². The molecular formula is C12H26N2. The summed E-state index contributed by atoms with van der Waals surface area (Å²) in [6.07, 6.45) is 5.42. The van der Waals surface area contributed by atoms with Gasteiger partial charge in [0.1, 0.15) is 0 Å². The molecule has 2 nitrogen and oxygen atoms in total. The number of piperidine rings is 1. The van der Waals surface area contributed by atoms with Crippen molar-refractivity contribution in [3.8, 4) is 0 Å². The van der Waals surface area contributed by atoms with Crippen molar-refractivity contribution in [1.82, 2.24) is 4.90 Å². The lowest BCUT2D eigenvalue weighted by atomic mass is 9.74. The first-order chi connectivity index (χ1) is 6.62. The van der Waals surface area contributed by atoms with Crippen molar-refractivity contribution in [3.05, 3.63) is 0 Å². The van der Waals surface area contributed by atoms with Crippen molar-refractivity contribution in [2.24, 2.45) is 11.1 Å². The van der Waals surface area contributed by atoms with Gasteiger partial charge in [-0.2, -0.15) is 0 Å².